The molecule has 110 valence electrons. The number of hydrogen-bond acceptors (Lipinski definition) is 4. The van der Waals surface area contributed by atoms with Crippen LogP contribution in [0.2, 0.25) is 0 Å². The van der Waals surface area contributed by atoms with Crippen molar-refractivity contribution in [1.29, 1.82) is 0 Å². The molecule has 2 N–H and O–H groups in total. The van der Waals surface area contributed by atoms with Crippen LogP contribution in [0.3, 0.4) is 0 Å². The zero-order valence-electron chi connectivity index (χ0n) is 10.5. The van der Waals surface area contributed by atoms with Crippen LogP contribution in [-0.4, -0.2) is 32.5 Å². The standard InChI is InChI=1S/C10H15F3N2O2S2/c1-7-9(5-8(6-14)18-7)19(16,17)15(2)4-3-10(11,12)13/h5H,3-4,6,14H2,1-2H3. The largest absolute Gasteiger partial charge is 0.390 e. The van der Waals surface area contributed by atoms with Crippen molar-refractivity contribution in [3.8, 4) is 0 Å². The number of nitrogens with zero attached hydrogens (tertiary/aromatic N) is 1. The lowest BCUT2D eigenvalue weighted by Crippen LogP contribution is -2.30. The lowest BCUT2D eigenvalue weighted by molar-refractivity contribution is -0.135. The van der Waals surface area contributed by atoms with E-state index in [0.717, 1.165) is 11.4 Å². The SMILES string of the molecule is Cc1sc(CN)cc1S(=O)(=O)N(C)CCC(F)(F)F. The van der Waals surface area contributed by atoms with E-state index in [4.69, 9.17) is 5.73 Å². The summed E-state index contributed by atoms with van der Waals surface area (Å²) in [5.74, 6) is 0. The van der Waals surface area contributed by atoms with Crippen molar-refractivity contribution in [2.75, 3.05) is 13.6 Å². The molecule has 0 saturated carbocycles. The highest BCUT2D eigenvalue weighted by Crippen LogP contribution is 2.28. The molecule has 1 aromatic heterocycles. The Hall–Kier alpha value is -0.640. The number of halogens is 3. The third-order valence-corrected chi connectivity index (χ3v) is 5.71. The van der Waals surface area contributed by atoms with Gasteiger partial charge >= 0.3 is 6.18 Å². The Bertz CT molecular complexity index is 537. The summed E-state index contributed by atoms with van der Waals surface area (Å²) in [4.78, 5) is 1.24. The molecule has 0 radical (unpaired) electrons. The van der Waals surface area contributed by atoms with E-state index in [9.17, 15) is 21.6 Å². The summed E-state index contributed by atoms with van der Waals surface area (Å²) in [6.45, 7) is 1.21. The van der Waals surface area contributed by atoms with Crippen LogP contribution in [0, 0.1) is 6.92 Å². The second-order valence-corrected chi connectivity index (χ2v) is 7.38. The number of aryl methyl sites for hydroxylation is 1. The number of thiophene rings is 1. The van der Waals surface area contributed by atoms with Crippen LogP contribution in [0.4, 0.5) is 13.2 Å². The molecule has 0 spiro atoms. The quantitative estimate of drug-likeness (QED) is 0.904. The van der Waals surface area contributed by atoms with Crippen LogP contribution >= 0.6 is 11.3 Å². The van der Waals surface area contributed by atoms with Gasteiger partial charge in [0.25, 0.3) is 0 Å². The third-order valence-electron chi connectivity index (χ3n) is 2.52. The van der Waals surface area contributed by atoms with Gasteiger partial charge in [-0.05, 0) is 13.0 Å². The van der Waals surface area contributed by atoms with Crippen molar-refractivity contribution in [1.82, 2.24) is 4.31 Å². The average molecular weight is 316 g/mol. The monoisotopic (exact) mass is 316 g/mol. The van der Waals surface area contributed by atoms with Gasteiger partial charge in [0.15, 0.2) is 0 Å². The molecule has 0 aliphatic rings. The second-order valence-electron chi connectivity index (χ2n) is 4.03. The smallest absolute Gasteiger partial charge is 0.326 e. The van der Waals surface area contributed by atoms with Gasteiger partial charge in [-0.1, -0.05) is 0 Å². The average Bonchev–Trinajstić information content (AvgIpc) is 2.67. The van der Waals surface area contributed by atoms with Gasteiger partial charge in [0.05, 0.1) is 11.3 Å². The van der Waals surface area contributed by atoms with Crippen molar-refractivity contribution in [3.63, 3.8) is 0 Å². The van der Waals surface area contributed by atoms with Gasteiger partial charge in [0.1, 0.15) is 0 Å². The number of rotatable bonds is 5. The molecule has 19 heavy (non-hydrogen) atoms. The van der Waals surface area contributed by atoms with Crippen LogP contribution in [0.15, 0.2) is 11.0 Å². The van der Waals surface area contributed by atoms with Gasteiger partial charge in [0, 0.05) is 29.9 Å². The summed E-state index contributed by atoms with van der Waals surface area (Å²) in [6, 6.07) is 1.42. The first-order valence-corrected chi connectivity index (χ1v) is 7.66. The summed E-state index contributed by atoms with van der Waals surface area (Å²) >= 11 is 1.23. The minimum absolute atomic E-state index is 0.0302. The van der Waals surface area contributed by atoms with Gasteiger partial charge in [0.2, 0.25) is 10.0 Å². The molecule has 0 atom stereocenters. The highest BCUT2D eigenvalue weighted by molar-refractivity contribution is 7.89. The van der Waals surface area contributed by atoms with Gasteiger partial charge in [-0.2, -0.15) is 13.2 Å². The van der Waals surface area contributed by atoms with Crippen LogP contribution in [0.25, 0.3) is 0 Å². The normalized spacial score (nSPS) is 13.2. The Morgan fingerprint density at radius 2 is 2.00 bits per heavy atom. The zero-order valence-corrected chi connectivity index (χ0v) is 12.1. The van der Waals surface area contributed by atoms with Crippen molar-refractivity contribution < 1.29 is 21.6 Å². The first-order valence-electron chi connectivity index (χ1n) is 5.40. The molecule has 1 aromatic rings. The van der Waals surface area contributed by atoms with E-state index in [1.165, 1.54) is 17.4 Å². The second kappa shape index (κ2) is 5.78. The van der Waals surface area contributed by atoms with E-state index in [-0.39, 0.29) is 11.4 Å². The molecule has 0 aromatic carbocycles. The minimum Gasteiger partial charge on any atom is -0.326 e. The lowest BCUT2D eigenvalue weighted by atomic mass is 10.4. The van der Waals surface area contributed by atoms with Crippen LogP contribution in [0.5, 0.6) is 0 Å². The van der Waals surface area contributed by atoms with Gasteiger partial charge in [-0.3, -0.25) is 0 Å². The van der Waals surface area contributed by atoms with Crippen molar-refractivity contribution in [2.24, 2.45) is 5.73 Å². The molecule has 9 heteroatoms. The Balaban J connectivity index is 2.93. The van der Waals surface area contributed by atoms with E-state index < -0.39 is 29.2 Å². The van der Waals surface area contributed by atoms with E-state index in [2.05, 4.69) is 0 Å². The highest BCUT2D eigenvalue weighted by Gasteiger charge is 2.31. The number of alkyl halides is 3. The third kappa shape index (κ3) is 4.16. The molecular formula is C10H15F3N2O2S2. The first-order chi connectivity index (χ1) is 8.58. The summed E-state index contributed by atoms with van der Waals surface area (Å²) in [6.07, 6.45) is -5.55. The minimum atomic E-state index is -4.38. The van der Waals surface area contributed by atoms with Crippen molar-refractivity contribution in [2.45, 2.75) is 31.0 Å². The molecule has 0 unspecified atom stereocenters. The van der Waals surface area contributed by atoms with Crippen molar-refractivity contribution in [3.05, 3.63) is 15.8 Å². The fraction of sp³-hybridized carbons (Fsp3) is 0.600. The summed E-state index contributed by atoms with van der Waals surface area (Å²) in [5, 5.41) is 0. The van der Waals surface area contributed by atoms with Gasteiger partial charge in [-0.15, -0.1) is 11.3 Å². The summed E-state index contributed by atoms with van der Waals surface area (Å²) in [7, 11) is -2.75. The Labute approximate surface area is 114 Å². The molecule has 0 amide bonds. The Kier molecular flexibility index (Phi) is 4.99. The van der Waals surface area contributed by atoms with Crippen molar-refractivity contribution >= 4 is 21.4 Å². The molecule has 1 rings (SSSR count). The molecule has 0 aliphatic heterocycles. The van der Waals surface area contributed by atoms with Gasteiger partial charge < -0.3 is 5.73 Å². The topological polar surface area (TPSA) is 63.4 Å². The van der Waals surface area contributed by atoms with Gasteiger partial charge in [-0.25, -0.2) is 12.7 Å². The molecular weight excluding hydrogens is 301 g/mol. The van der Waals surface area contributed by atoms with Crippen LogP contribution in [-0.2, 0) is 16.6 Å². The maximum atomic E-state index is 12.1. The van der Waals surface area contributed by atoms with E-state index in [1.807, 2.05) is 0 Å². The fourth-order valence-electron chi connectivity index (χ4n) is 1.45. The molecule has 1 heterocycles. The molecule has 0 aliphatic carbocycles. The molecule has 0 bridgehead atoms. The Morgan fingerprint density at radius 1 is 1.42 bits per heavy atom. The van der Waals surface area contributed by atoms with Crippen LogP contribution < -0.4 is 5.73 Å². The zero-order chi connectivity index (χ0) is 14.8. The summed E-state index contributed by atoms with van der Waals surface area (Å²) in [5.41, 5.74) is 5.42. The maximum Gasteiger partial charge on any atom is 0.390 e. The molecule has 0 fully saturated rings. The molecule has 4 nitrogen and oxygen atoms in total. The fourth-order valence-corrected chi connectivity index (χ4v) is 4.10. The van der Waals surface area contributed by atoms with Crippen LogP contribution in [0.1, 0.15) is 16.2 Å². The number of nitrogens with two attached hydrogens (primary N) is 1. The predicted molar refractivity (Wildman–Crippen MR) is 67.4 cm³/mol. The number of hydrogen-bond donors (Lipinski definition) is 1. The molecule has 0 saturated heterocycles. The summed E-state index contributed by atoms with van der Waals surface area (Å²) < 4.78 is 61.3. The number of sulfonamides is 1. The maximum absolute atomic E-state index is 12.1. The van der Waals surface area contributed by atoms with E-state index in [0.29, 0.717) is 9.75 Å². The van der Waals surface area contributed by atoms with E-state index >= 15 is 0 Å². The predicted octanol–water partition coefficient (Wildman–Crippen LogP) is 2.09. The Morgan fingerprint density at radius 3 is 2.42 bits per heavy atom. The highest BCUT2D eigenvalue weighted by atomic mass is 32.2. The van der Waals surface area contributed by atoms with E-state index in [1.54, 1.807) is 6.92 Å². The lowest BCUT2D eigenvalue weighted by Gasteiger charge is -2.17. The first kappa shape index (κ1) is 16.4.